The molecule has 1 fully saturated rings. The van der Waals surface area contributed by atoms with Gasteiger partial charge in [0.15, 0.2) is 11.5 Å². The van der Waals surface area contributed by atoms with E-state index in [1.165, 1.54) is 43.8 Å². The number of piperazine rings is 1. The fourth-order valence-electron chi connectivity index (χ4n) is 3.61. The lowest BCUT2D eigenvalue weighted by molar-refractivity contribution is 0.0600. The largest absolute Gasteiger partial charge is 0.493 e. The predicted octanol–water partition coefficient (Wildman–Crippen LogP) is 1.95. The zero-order valence-electron chi connectivity index (χ0n) is 18.5. The van der Waals surface area contributed by atoms with Crippen LogP contribution in [0.3, 0.4) is 0 Å². The van der Waals surface area contributed by atoms with Gasteiger partial charge in [-0.3, -0.25) is 4.79 Å². The van der Waals surface area contributed by atoms with Gasteiger partial charge in [-0.2, -0.15) is 4.31 Å². The summed E-state index contributed by atoms with van der Waals surface area (Å²) < 4.78 is 42.8. The van der Waals surface area contributed by atoms with E-state index in [1.54, 1.807) is 30.0 Å². The normalized spacial score (nSPS) is 14.7. The van der Waals surface area contributed by atoms with Gasteiger partial charge in [0.25, 0.3) is 5.91 Å². The van der Waals surface area contributed by atoms with Gasteiger partial charge in [-0.1, -0.05) is 0 Å². The highest BCUT2D eigenvalue weighted by Crippen LogP contribution is 2.28. The van der Waals surface area contributed by atoms with Gasteiger partial charge >= 0.3 is 5.97 Å². The Morgan fingerprint density at radius 1 is 0.844 bits per heavy atom. The lowest BCUT2D eigenvalue weighted by Gasteiger charge is -2.34. The molecule has 0 radical (unpaired) electrons. The lowest BCUT2D eigenvalue weighted by Crippen LogP contribution is -2.50. The monoisotopic (exact) mass is 462 g/mol. The van der Waals surface area contributed by atoms with Crippen LogP contribution in [0.1, 0.15) is 26.3 Å². The van der Waals surface area contributed by atoms with E-state index in [2.05, 4.69) is 4.74 Å². The number of aryl methyl sites for hydroxylation is 1. The topological polar surface area (TPSA) is 102 Å². The van der Waals surface area contributed by atoms with Crippen molar-refractivity contribution in [2.45, 2.75) is 11.8 Å². The zero-order chi connectivity index (χ0) is 23.5. The first-order chi connectivity index (χ1) is 15.2. The standard InChI is InChI=1S/C22H26N2O7S/c1-15-13-17(22(26)31-4)6-8-20(15)32(27,28)24-11-9-23(10-12-24)21(25)16-5-7-18(29-2)19(14-16)30-3/h5-8,13-14H,9-12H2,1-4H3. The molecule has 172 valence electrons. The van der Waals surface area contributed by atoms with Crippen molar-refractivity contribution in [3.8, 4) is 11.5 Å². The van der Waals surface area contributed by atoms with Crippen molar-refractivity contribution in [1.82, 2.24) is 9.21 Å². The molecule has 1 amide bonds. The number of esters is 1. The number of rotatable bonds is 6. The first kappa shape index (κ1) is 23.6. The lowest BCUT2D eigenvalue weighted by atomic mass is 10.1. The van der Waals surface area contributed by atoms with Crippen molar-refractivity contribution >= 4 is 21.9 Å². The molecular weight excluding hydrogens is 436 g/mol. The highest BCUT2D eigenvalue weighted by atomic mass is 32.2. The quantitative estimate of drug-likeness (QED) is 0.605. The van der Waals surface area contributed by atoms with Gasteiger partial charge in [0, 0.05) is 31.7 Å². The van der Waals surface area contributed by atoms with E-state index in [4.69, 9.17) is 9.47 Å². The van der Waals surface area contributed by atoms with Gasteiger partial charge in [0.1, 0.15) is 0 Å². The Morgan fingerprint density at radius 2 is 1.47 bits per heavy atom. The number of amides is 1. The minimum atomic E-state index is -3.77. The first-order valence-corrected chi connectivity index (χ1v) is 11.4. The SMILES string of the molecule is COC(=O)c1ccc(S(=O)(=O)N2CCN(C(=O)c3ccc(OC)c(OC)c3)CC2)c(C)c1. The van der Waals surface area contributed by atoms with Crippen LogP contribution in [0.5, 0.6) is 11.5 Å². The molecule has 2 aromatic rings. The number of ether oxygens (including phenoxy) is 3. The maximum atomic E-state index is 13.1. The summed E-state index contributed by atoms with van der Waals surface area (Å²) in [7, 11) is 0.513. The average Bonchev–Trinajstić information content (AvgIpc) is 2.82. The molecule has 1 saturated heterocycles. The molecule has 32 heavy (non-hydrogen) atoms. The van der Waals surface area contributed by atoms with Crippen LogP contribution in [0.25, 0.3) is 0 Å². The molecule has 10 heteroatoms. The second-order valence-electron chi connectivity index (χ2n) is 7.24. The molecule has 9 nitrogen and oxygen atoms in total. The third kappa shape index (κ3) is 4.56. The van der Waals surface area contributed by atoms with Gasteiger partial charge in [-0.05, 0) is 48.9 Å². The Balaban J connectivity index is 1.72. The number of carbonyl (C=O) groups is 2. The van der Waals surface area contributed by atoms with Crippen molar-refractivity contribution in [3.63, 3.8) is 0 Å². The van der Waals surface area contributed by atoms with E-state index < -0.39 is 16.0 Å². The van der Waals surface area contributed by atoms with Crippen LogP contribution in [-0.4, -0.2) is 77.0 Å². The minimum Gasteiger partial charge on any atom is -0.493 e. The third-order valence-electron chi connectivity index (χ3n) is 5.37. The van der Waals surface area contributed by atoms with Gasteiger partial charge in [-0.15, -0.1) is 0 Å². The van der Waals surface area contributed by atoms with Gasteiger partial charge in [0.2, 0.25) is 10.0 Å². The molecule has 0 unspecified atom stereocenters. The van der Waals surface area contributed by atoms with Gasteiger partial charge < -0.3 is 19.1 Å². The van der Waals surface area contributed by atoms with Crippen LogP contribution in [0.2, 0.25) is 0 Å². The summed E-state index contributed by atoms with van der Waals surface area (Å²) in [6.45, 7) is 2.48. The fourth-order valence-corrected chi connectivity index (χ4v) is 5.23. The molecule has 2 aromatic carbocycles. The molecule has 0 aromatic heterocycles. The van der Waals surface area contributed by atoms with E-state index in [0.29, 0.717) is 22.6 Å². The van der Waals surface area contributed by atoms with Crippen LogP contribution in [0.4, 0.5) is 0 Å². The minimum absolute atomic E-state index is 0.129. The van der Waals surface area contributed by atoms with Crippen LogP contribution in [0, 0.1) is 6.92 Å². The summed E-state index contributed by atoms with van der Waals surface area (Å²) in [5.74, 6) is 0.236. The smallest absolute Gasteiger partial charge is 0.337 e. The number of hydrogen-bond donors (Lipinski definition) is 0. The number of carbonyl (C=O) groups excluding carboxylic acids is 2. The second kappa shape index (κ2) is 9.58. The highest BCUT2D eigenvalue weighted by molar-refractivity contribution is 7.89. The van der Waals surface area contributed by atoms with Crippen LogP contribution in [0.15, 0.2) is 41.3 Å². The Morgan fingerprint density at radius 3 is 2.03 bits per heavy atom. The van der Waals surface area contributed by atoms with Crippen LogP contribution in [-0.2, 0) is 14.8 Å². The van der Waals surface area contributed by atoms with Crippen molar-refractivity contribution in [1.29, 1.82) is 0 Å². The average molecular weight is 463 g/mol. The molecule has 1 heterocycles. The molecule has 1 aliphatic rings. The third-order valence-corrected chi connectivity index (χ3v) is 7.43. The maximum absolute atomic E-state index is 13.1. The van der Waals surface area contributed by atoms with Crippen LogP contribution < -0.4 is 9.47 Å². The van der Waals surface area contributed by atoms with Crippen molar-refractivity contribution in [3.05, 3.63) is 53.1 Å². The van der Waals surface area contributed by atoms with Crippen molar-refractivity contribution in [2.24, 2.45) is 0 Å². The Hall–Kier alpha value is -3.11. The Kier molecular flexibility index (Phi) is 7.05. The predicted molar refractivity (Wildman–Crippen MR) is 117 cm³/mol. The summed E-state index contributed by atoms with van der Waals surface area (Å²) >= 11 is 0. The summed E-state index contributed by atoms with van der Waals surface area (Å²) in [6, 6.07) is 9.26. The maximum Gasteiger partial charge on any atom is 0.337 e. The van der Waals surface area contributed by atoms with E-state index in [0.717, 1.165) is 0 Å². The number of hydrogen-bond acceptors (Lipinski definition) is 7. The molecule has 0 atom stereocenters. The van der Waals surface area contributed by atoms with E-state index in [9.17, 15) is 18.0 Å². The fraction of sp³-hybridized carbons (Fsp3) is 0.364. The molecule has 3 rings (SSSR count). The van der Waals surface area contributed by atoms with Crippen molar-refractivity contribution in [2.75, 3.05) is 47.5 Å². The van der Waals surface area contributed by atoms with E-state index in [-0.39, 0.29) is 42.5 Å². The van der Waals surface area contributed by atoms with Crippen LogP contribution >= 0.6 is 0 Å². The molecule has 1 aliphatic heterocycles. The molecule has 0 saturated carbocycles. The summed E-state index contributed by atoms with van der Waals surface area (Å²) in [4.78, 5) is 26.3. The Labute approximate surface area is 187 Å². The molecule has 0 N–H and O–H groups in total. The number of benzene rings is 2. The molecular formula is C22H26N2O7S. The molecule has 0 bridgehead atoms. The number of nitrogens with zero attached hydrogens (tertiary/aromatic N) is 2. The van der Waals surface area contributed by atoms with E-state index in [1.807, 2.05) is 0 Å². The molecule has 0 aliphatic carbocycles. The number of sulfonamides is 1. The summed E-state index contributed by atoms with van der Waals surface area (Å²) in [6.07, 6.45) is 0. The van der Waals surface area contributed by atoms with E-state index >= 15 is 0 Å². The second-order valence-corrected chi connectivity index (χ2v) is 9.14. The number of methoxy groups -OCH3 is 3. The summed E-state index contributed by atoms with van der Waals surface area (Å²) in [5.41, 5.74) is 1.18. The summed E-state index contributed by atoms with van der Waals surface area (Å²) in [5, 5.41) is 0. The zero-order valence-corrected chi connectivity index (χ0v) is 19.3. The Bertz CT molecular complexity index is 1120. The van der Waals surface area contributed by atoms with Crippen molar-refractivity contribution < 1.29 is 32.2 Å². The van der Waals surface area contributed by atoms with Gasteiger partial charge in [0.05, 0.1) is 31.8 Å². The molecule has 0 spiro atoms. The first-order valence-electron chi connectivity index (χ1n) is 9.93. The highest BCUT2D eigenvalue weighted by Gasteiger charge is 2.31. The van der Waals surface area contributed by atoms with Gasteiger partial charge in [-0.25, -0.2) is 13.2 Å².